The van der Waals surface area contributed by atoms with E-state index in [0.29, 0.717) is 5.56 Å². The summed E-state index contributed by atoms with van der Waals surface area (Å²) >= 11 is 0. The second-order valence-corrected chi connectivity index (χ2v) is 3.81. The Labute approximate surface area is 81.4 Å². The molecule has 0 spiro atoms. The molecule has 0 aromatic heterocycles. The Balaban J connectivity index is 2.31. The van der Waals surface area contributed by atoms with Crippen LogP contribution in [0.25, 0.3) is 0 Å². The third-order valence-electron chi connectivity index (χ3n) is 2.79. The Morgan fingerprint density at radius 3 is 2.21 bits per heavy atom. The van der Waals surface area contributed by atoms with E-state index in [4.69, 9.17) is 0 Å². The summed E-state index contributed by atoms with van der Waals surface area (Å²) in [5, 5.41) is 9.58. The van der Waals surface area contributed by atoms with Crippen LogP contribution in [0.4, 0.5) is 8.78 Å². The van der Waals surface area contributed by atoms with Crippen molar-refractivity contribution in [2.75, 3.05) is 0 Å². The highest BCUT2D eigenvalue weighted by atomic mass is 19.1. The van der Waals surface area contributed by atoms with E-state index in [0.717, 1.165) is 25.3 Å². The summed E-state index contributed by atoms with van der Waals surface area (Å²) in [5.74, 6) is -1.24. The van der Waals surface area contributed by atoms with Gasteiger partial charge in [0.05, 0.1) is 6.10 Å². The Hall–Kier alpha value is -0.960. The molecule has 1 fully saturated rings. The van der Waals surface area contributed by atoms with Gasteiger partial charge in [0, 0.05) is 12.0 Å². The lowest BCUT2D eigenvalue weighted by Gasteiger charge is -2.14. The van der Waals surface area contributed by atoms with E-state index in [9.17, 15) is 13.9 Å². The molecule has 76 valence electrons. The summed E-state index contributed by atoms with van der Waals surface area (Å²) in [4.78, 5) is 0. The van der Waals surface area contributed by atoms with Crippen LogP contribution in [-0.2, 0) is 0 Å². The summed E-state index contributed by atoms with van der Waals surface area (Å²) in [7, 11) is 0. The van der Waals surface area contributed by atoms with Crippen LogP contribution in [0.5, 0.6) is 0 Å². The van der Waals surface area contributed by atoms with Crippen molar-refractivity contribution in [1.82, 2.24) is 0 Å². The van der Waals surface area contributed by atoms with Gasteiger partial charge in [0.2, 0.25) is 0 Å². The largest absolute Gasteiger partial charge is 0.392 e. The summed E-state index contributed by atoms with van der Waals surface area (Å²) in [6.07, 6.45) is 2.01. The molecule has 2 atom stereocenters. The van der Waals surface area contributed by atoms with Gasteiger partial charge in [-0.15, -0.1) is 0 Å². The van der Waals surface area contributed by atoms with Gasteiger partial charge in [-0.05, 0) is 30.5 Å². The maximum absolute atomic E-state index is 12.9. The molecule has 1 unspecified atom stereocenters. The molecular formula is C11H12F2O. The van der Waals surface area contributed by atoms with Crippen molar-refractivity contribution in [2.24, 2.45) is 0 Å². The molecule has 1 N–H and O–H groups in total. The van der Waals surface area contributed by atoms with Crippen LogP contribution in [0.1, 0.15) is 30.7 Å². The van der Waals surface area contributed by atoms with Gasteiger partial charge in [0.15, 0.2) is 0 Å². The molecule has 2 rings (SSSR count). The summed E-state index contributed by atoms with van der Waals surface area (Å²) in [6, 6.07) is 3.47. The predicted octanol–water partition coefficient (Wildman–Crippen LogP) is 2.59. The molecule has 14 heavy (non-hydrogen) atoms. The second-order valence-electron chi connectivity index (χ2n) is 3.81. The highest BCUT2D eigenvalue weighted by molar-refractivity contribution is 5.23. The van der Waals surface area contributed by atoms with E-state index >= 15 is 0 Å². The van der Waals surface area contributed by atoms with Crippen molar-refractivity contribution in [3.8, 4) is 0 Å². The number of aliphatic hydroxyl groups excluding tert-OH is 1. The Kier molecular flexibility index (Phi) is 2.50. The van der Waals surface area contributed by atoms with E-state index in [1.807, 2.05) is 0 Å². The van der Waals surface area contributed by atoms with Gasteiger partial charge in [0.1, 0.15) is 11.6 Å². The number of benzene rings is 1. The molecule has 1 aliphatic carbocycles. The SMILES string of the molecule is OC1CCC[C@@H]1c1cc(F)cc(F)c1. The lowest BCUT2D eigenvalue weighted by molar-refractivity contribution is 0.163. The molecule has 1 saturated carbocycles. The standard InChI is InChI=1S/C11H12F2O/c12-8-4-7(5-9(13)6-8)10-2-1-3-11(10)14/h4-6,10-11,14H,1-3H2/t10-,11?/m1/s1. The molecule has 0 bridgehead atoms. The van der Waals surface area contributed by atoms with Gasteiger partial charge in [-0.25, -0.2) is 8.78 Å². The molecule has 0 radical (unpaired) electrons. The molecule has 1 aromatic carbocycles. The lowest BCUT2D eigenvalue weighted by Crippen LogP contribution is -2.11. The Morgan fingerprint density at radius 1 is 1.07 bits per heavy atom. The van der Waals surface area contributed by atoms with E-state index < -0.39 is 17.7 Å². The first-order valence-corrected chi connectivity index (χ1v) is 4.81. The molecule has 1 aromatic rings. The molecule has 1 nitrogen and oxygen atoms in total. The fourth-order valence-corrected chi connectivity index (χ4v) is 2.12. The van der Waals surface area contributed by atoms with E-state index in [1.54, 1.807) is 0 Å². The van der Waals surface area contributed by atoms with Gasteiger partial charge in [-0.1, -0.05) is 6.42 Å². The summed E-state index contributed by atoms with van der Waals surface area (Å²) in [5.41, 5.74) is 0.576. The van der Waals surface area contributed by atoms with Crippen molar-refractivity contribution < 1.29 is 13.9 Å². The zero-order valence-electron chi connectivity index (χ0n) is 7.71. The van der Waals surface area contributed by atoms with Gasteiger partial charge >= 0.3 is 0 Å². The van der Waals surface area contributed by atoms with Crippen LogP contribution >= 0.6 is 0 Å². The van der Waals surface area contributed by atoms with Crippen LogP contribution < -0.4 is 0 Å². The van der Waals surface area contributed by atoms with E-state index in [1.165, 1.54) is 12.1 Å². The normalized spacial score (nSPS) is 26.8. The minimum Gasteiger partial charge on any atom is -0.392 e. The fraction of sp³-hybridized carbons (Fsp3) is 0.455. The van der Waals surface area contributed by atoms with Crippen molar-refractivity contribution in [1.29, 1.82) is 0 Å². The molecule has 3 heteroatoms. The van der Waals surface area contributed by atoms with Gasteiger partial charge in [0.25, 0.3) is 0 Å². The average molecular weight is 198 g/mol. The lowest BCUT2D eigenvalue weighted by atomic mass is 9.96. The molecule has 0 saturated heterocycles. The van der Waals surface area contributed by atoms with Crippen LogP contribution in [-0.4, -0.2) is 11.2 Å². The molecule has 0 aliphatic heterocycles. The monoisotopic (exact) mass is 198 g/mol. The minimum atomic E-state index is -0.570. The highest BCUT2D eigenvalue weighted by Gasteiger charge is 2.27. The van der Waals surface area contributed by atoms with Crippen molar-refractivity contribution in [2.45, 2.75) is 31.3 Å². The van der Waals surface area contributed by atoms with Gasteiger partial charge < -0.3 is 5.11 Å². The van der Waals surface area contributed by atoms with Crippen molar-refractivity contribution in [3.63, 3.8) is 0 Å². The van der Waals surface area contributed by atoms with Crippen LogP contribution in [0, 0.1) is 11.6 Å². The number of rotatable bonds is 1. The van der Waals surface area contributed by atoms with Crippen molar-refractivity contribution in [3.05, 3.63) is 35.4 Å². The smallest absolute Gasteiger partial charge is 0.126 e. The number of hydrogen-bond acceptors (Lipinski definition) is 1. The summed E-state index contributed by atoms with van der Waals surface area (Å²) < 4.78 is 25.8. The molecule has 0 amide bonds. The van der Waals surface area contributed by atoms with Crippen LogP contribution in [0.15, 0.2) is 18.2 Å². The first kappa shape index (κ1) is 9.59. The second kappa shape index (κ2) is 3.65. The van der Waals surface area contributed by atoms with Gasteiger partial charge in [-0.2, -0.15) is 0 Å². The van der Waals surface area contributed by atoms with E-state index in [-0.39, 0.29) is 5.92 Å². The first-order chi connectivity index (χ1) is 6.66. The van der Waals surface area contributed by atoms with Crippen LogP contribution in [0.3, 0.4) is 0 Å². The van der Waals surface area contributed by atoms with Gasteiger partial charge in [-0.3, -0.25) is 0 Å². The maximum Gasteiger partial charge on any atom is 0.126 e. The Morgan fingerprint density at radius 2 is 1.71 bits per heavy atom. The third-order valence-corrected chi connectivity index (χ3v) is 2.79. The molecule has 0 heterocycles. The molecular weight excluding hydrogens is 186 g/mol. The number of halogens is 2. The Bertz CT molecular complexity index is 318. The predicted molar refractivity (Wildman–Crippen MR) is 49.0 cm³/mol. The topological polar surface area (TPSA) is 20.2 Å². The zero-order chi connectivity index (χ0) is 10.1. The highest BCUT2D eigenvalue weighted by Crippen LogP contribution is 2.34. The first-order valence-electron chi connectivity index (χ1n) is 4.81. The van der Waals surface area contributed by atoms with Crippen LogP contribution in [0.2, 0.25) is 0 Å². The number of hydrogen-bond donors (Lipinski definition) is 1. The van der Waals surface area contributed by atoms with Crippen molar-refractivity contribution >= 4 is 0 Å². The summed E-state index contributed by atoms with van der Waals surface area (Å²) in [6.45, 7) is 0. The zero-order valence-corrected chi connectivity index (χ0v) is 7.71. The average Bonchev–Trinajstić information content (AvgIpc) is 2.49. The minimum absolute atomic E-state index is 0.0970. The fourth-order valence-electron chi connectivity index (χ4n) is 2.12. The maximum atomic E-state index is 12.9. The van der Waals surface area contributed by atoms with E-state index in [2.05, 4.69) is 0 Å². The third kappa shape index (κ3) is 1.77. The molecule has 1 aliphatic rings. The quantitative estimate of drug-likeness (QED) is 0.735. The number of aliphatic hydroxyl groups is 1.